The average molecular weight is 427 g/mol. The van der Waals surface area contributed by atoms with Gasteiger partial charge < -0.3 is 10.1 Å². The van der Waals surface area contributed by atoms with E-state index >= 15 is 0 Å². The first-order chi connectivity index (χ1) is 11.6. The van der Waals surface area contributed by atoms with Crippen molar-refractivity contribution >= 4 is 50.7 Å². The van der Waals surface area contributed by atoms with Crippen LogP contribution in [0.3, 0.4) is 0 Å². The molecule has 0 bridgehead atoms. The number of amidine groups is 1. The van der Waals surface area contributed by atoms with E-state index in [-0.39, 0.29) is 0 Å². The Bertz CT molecular complexity index is 803. The number of esters is 1. The van der Waals surface area contributed by atoms with Crippen molar-refractivity contribution in [3.63, 3.8) is 0 Å². The summed E-state index contributed by atoms with van der Waals surface area (Å²) in [6.45, 7) is 0. The van der Waals surface area contributed by atoms with Gasteiger partial charge in [-0.2, -0.15) is 0 Å². The van der Waals surface area contributed by atoms with Gasteiger partial charge in [-0.05, 0) is 17.7 Å². The fraction of sp³-hybridized carbons (Fsp3) is 0.188. The second-order valence-corrected chi connectivity index (χ2v) is 6.80. The molecule has 0 saturated heterocycles. The normalized spacial score (nSPS) is 17.3. The van der Waals surface area contributed by atoms with Gasteiger partial charge >= 0.3 is 5.97 Å². The fourth-order valence-corrected chi connectivity index (χ4v) is 3.54. The zero-order valence-electron chi connectivity index (χ0n) is 12.6. The van der Waals surface area contributed by atoms with Crippen LogP contribution in [0.4, 0.5) is 0 Å². The topological polar surface area (TPSA) is 63.6 Å². The van der Waals surface area contributed by atoms with Crippen LogP contribution in [0.15, 0.2) is 52.1 Å². The van der Waals surface area contributed by atoms with Crippen molar-refractivity contribution in [3.8, 4) is 0 Å². The summed E-state index contributed by atoms with van der Waals surface area (Å²) >= 11 is 10.9. The molecule has 0 radical (unpaired) electrons. The summed E-state index contributed by atoms with van der Waals surface area (Å²) in [5.41, 5.74) is 2.04. The van der Waals surface area contributed by atoms with Gasteiger partial charge in [-0.3, -0.25) is 4.99 Å². The van der Waals surface area contributed by atoms with Gasteiger partial charge in [0.15, 0.2) is 10.8 Å². The third-order valence-electron chi connectivity index (χ3n) is 3.49. The second-order valence-electron chi connectivity index (χ2n) is 4.91. The lowest BCUT2D eigenvalue weighted by Gasteiger charge is -2.26. The smallest absolute Gasteiger partial charge is 0.338 e. The number of allylic oxidation sites excluding steroid dienone is 1. The second kappa shape index (κ2) is 7.46. The molecule has 124 valence electrons. The first kappa shape index (κ1) is 17.1. The Kier molecular flexibility index (Phi) is 5.33. The van der Waals surface area contributed by atoms with E-state index in [0.717, 1.165) is 10.6 Å². The van der Waals surface area contributed by atoms with Gasteiger partial charge in [-0.15, -0.1) is 11.3 Å². The van der Waals surface area contributed by atoms with Gasteiger partial charge in [0.25, 0.3) is 0 Å². The van der Waals surface area contributed by atoms with Gasteiger partial charge in [-0.25, -0.2) is 9.78 Å². The van der Waals surface area contributed by atoms with Gasteiger partial charge in [0.05, 0.1) is 12.7 Å². The van der Waals surface area contributed by atoms with E-state index in [9.17, 15) is 4.79 Å². The Labute approximate surface area is 156 Å². The lowest BCUT2D eigenvalue weighted by atomic mass is 9.96. The van der Waals surface area contributed by atoms with Crippen LogP contribution in [0.5, 0.6) is 0 Å². The highest BCUT2D eigenvalue weighted by Gasteiger charge is 2.32. The van der Waals surface area contributed by atoms with Crippen molar-refractivity contribution < 1.29 is 9.53 Å². The maximum atomic E-state index is 12.3. The molecule has 0 saturated carbocycles. The SMILES string of the molecule is COC(=O)C1=C(CBr)NC(c2nccs2)=NC1c1ccc(Cl)cc1. The number of carbonyl (C=O) groups is 1. The number of alkyl halides is 1. The van der Waals surface area contributed by atoms with Gasteiger partial charge in [0, 0.05) is 27.6 Å². The molecule has 1 aromatic heterocycles. The van der Waals surface area contributed by atoms with Crippen molar-refractivity contribution in [2.45, 2.75) is 6.04 Å². The molecule has 2 heterocycles. The molecule has 1 aromatic carbocycles. The molecule has 0 spiro atoms. The maximum Gasteiger partial charge on any atom is 0.338 e. The van der Waals surface area contributed by atoms with Crippen LogP contribution < -0.4 is 5.32 Å². The molecule has 0 amide bonds. The van der Waals surface area contributed by atoms with Crippen LogP contribution in [0, 0.1) is 0 Å². The van der Waals surface area contributed by atoms with Crippen molar-refractivity contribution in [2.75, 3.05) is 12.4 Å². The van der Waals surface area contributed by atoms with Crippen LogP contribution >= 0.6 is 38.9 Å². The predicted octanol–water partition coefficient (Wildman–Crippen LogP) is 3.71. The van der Waals surface area contributed by atoms with Crippen LogP contribution in [0.1, 0.15) is 16.6 Å². The first-order valence-electron chi connectivity index (χ1n) is 7.01. The van der Waals surface area contributed by atoms with Crippen molar-refractivity contribution in [3.05, 3.63) is 62.7 Å². The number of aliphatic imine (C=N–C) groups is 1. The summed E-state index contributed by atoms with van der Waals surface area (Å²) in [5.74, 6) is 0.214. The lowest BCUT2D eigenvalue weighted by Crippen LogP contribution is -2.34. The quantitative estimate of drug-likeness (QED) is 0.598. The lowest BCUT2D eigenvalue weighted by molar-refractivity contribution is -0.136. The largest absolute Gasteiger partial charge is 0.466 e. The number of carbonyl (C=O) groups excluding carboxylic acids is 1. The summed E-state index contributed by atoms with van der Waals surface area (Å²) < 4.78 is 4.96. The third kappa shape index (κ3) is 3.38. The van der Waals surface area contributed by atoms with Gasteiger partial charge in [0.1, 0.15) is 6.04 Å². The molecule has 1 atom stereocenters. The third-order valence-corrected chi connectivity index (χ3v) is 5.08. The number of thiazole rings is 1. The number of hydrogen-bond acceptors (Lipinski definition) is 6. The number of benzene rings is 1. The summed E-state index contributed by atoms with van der Waals surface area (Å²) in [6.07, 6.45) is 1.72. The summed E-state index contributed by atoms with van der Waals surface area (Å²) in [5, 5.41) is 6.92. The molecular weight excluding hydrogens is 414 g/mol. The molecule has 1 aliphatic heterocycles. The van der Waals surface area contributed by atoms with Crippen molar-refractivity contribution in [1.82, 2.24) is 10.3 Å². The van der Waals surface area contributed by atoms with E-state index in [1.165, 1.54) is 18.4 Å². The molecule has 0 fully saturated rings. The van der Waals surface area contributed by atoms with E-state index in [1.807, 2.05) is 17.5 Å². The molecule has 3 rings (SSSR count). The van der Waals surface area contributed by atoms with E-state index in [1.54, 1.807) is 18.3 Å². The standard InChI is InChI=1S/C16H13BrClN3O2S/c1-23-16(22)12-11(8-17)20-14(15-19-6-7-24-15)21-13(12)9-2-4-10(18)5-3-9/h2-7,13H,8H2,1H3,(H,20,21). The number of methoxy groups -OCH3 is 1. The minimum Gasteiger partial charge on any atom is -0.466 e. The Hall–Kier alpha value is -1.70. The average Bonchev–Trinajstić information content (AvgIpc) is 3.15. The number of aromatic nitrogens is 1. The van der Waals surface area contributed by atoms with Crippen molar-refractivity contribution in [1.29, 1.82) is 0 Å². The number of nitrogens with zero attached hydrogens (tertiary/aromatic N) is 2. The number of nitrogens with one attached hydrogen (secondary N) is 1. The molecule has 1 unspecified atom stereocenters. The number of ether oxygens (including phenoxy) is 1. The van der Waals surface area contributed by atoms with E-state index in [4.69, 9.17) is 21.3 Å². The Morgan fingerprint density at radius 1 is 1.42 bits per heavy atom. The molecule has 24 heavy (non-hydrogen) atoms. The van der Waals surface area contributed by atoms with E-state index in [0.29, 0.717) is 27.5 Å². The highest BCUT2D eigenvalue weighted by atomic mass is 79.9. The molecule has 8 heteroatoms. The van der Waals surface area contributed by atoms with Gasteiger partial charge in [0.2, 0.25) is 0 Å². The zero-order valence-corrected chi connectivity index (χ0v) is 15.8. The minimum absolute atomic E-state index is 0.418. The molecule has 2 aromatic rings. The van der Waals surface area contributed by atoms with Crippen LogP contribution in [0.25, 0.3) is 0 Å². The Morgan fingerprint density at radius 2 is 2.17 bits per heavy atom. The monoisotopic (exact) mass is 425 g/mol. The molecule has 1 aliphatic rings. The fourth-order valence-electron chi connectivity index (χ4n) is 2.39. The predicted molar refractivity (Wildman–Crippen MR) is 98.8 cm³/mol. The molecular formula is C16H13BrClN3O2S. The summed E-state index contributed by atoms with van der Waals surface area (Å²) in [6, 6.07) is 6.79. The summed E-state index contributed by atoms with van der Waals surface area (Å²) in [4.78, 5) is 21.3. The minimum atomic E-state index is -0.484. The van der Waals surface area contributed by atoms with E-state index < -0.39 is 12.0 Å². The van der Waals surface area contributed by atoms with Gasteiger partial charge in [-0.1, -0.05) is 39.7 Å². The Morgan fingerprint density at radius 3 is 2.75 bits per heavy atom. The number of rotatable bonds is 4. The van der Waals surface area contributed by atoms with Crippen LogP contribution in [-0.2, 0) is 9.53 Å². The Balaban J connectivity index is 2.12. The highest BCUT2D eigenvalue weighted by molar-refractivity contribution is 9.09. The highest BCUT2D eigenvalue weighted by Crippen LogP contribution is 2.33. The zero-order chi connectivity index (χ0) is 17.1. The van der Waals surface area contributed by atoms with Crippen LogP contribution in [-0.4, -0.2) is 29.2 Å². The first-order valence-corrected chi connectivity index (χ1v) is 9.39. The number of hydrogen-bond donors (Lipinski definition) is 1. The maximum absolute atomic E-state index is 12.3. The molecule has 1 N–H and O–H groups in total. The van der Waals surface area contributed by atoms with E-state index in [2.05, 4.69) is 26.2 Å². The molecule has 5 nitrogen and oxygen atoms in total. The van der Waals surface area contributed by atoms with Crippen LogP contribution in [0.2, 0.25) is 5.02 Å². The molecule has 0 aliphatic carbocycles. The number of halogens is 2. The summed E-state index contributed by atoms with van der Waals surface area (Å²) in [7, 11) is 1.36. The van der Waals surface area contributed by atoms with Crippen molar-refractivity contribution in [2.24, 2.45) is 4.99 Å².